The van der Waals surface area contributed by atoms with Crippen molar-refractivity contribution in [3.63, 3.8) is 0 Å². The number of rotatable bonds is 3. The third kappa shape index (κ3) is 2.20. The van der Waals surface area contributed by atoms with E-state index in [1.807, 2.05) is 0 Å². The minimum Gasteiger partial charge on any atom is -0.356 e. The Morgan fingerprint density at radius 3 is 2.50 bits per heavy atom. The van der Waals surface area contributed by atoms with Gasteiger partial charge in [-0.15, -0.1) is 0 Å². The van der Waals surface area contributed by atoms with Gasteiger partial charge >= 0.3 is 0 Å². The molecule has 72 valence electrons. The zero-order valence-electron chi connectivity index (χ0n) is 8.38. The summed E-state index contributed by atoms with van der Waals surface area (Å²) >= 11 is 0. The van der Waals surface area contributed by atoms with Gasteiger partial charge in [0.05, 0.1) is 6.10 Å². The first-order valence-electron chi connectivity index (χ1n) is 5.00. The van der Waals surface area contributed by atoms with Crippen molar-refractivity contribution in [2.45, 2.75) is 51.9 Å². The van der Waals surface area contributed by atoms with E-state index in [2.05, 4.69) is 13.8 Å². The van der Waals surface area contributed by atoms with Crippen LogP contribution in [0.15, 0.2) is 0 Å². The van der Waals surface area contributed by atoms with Crippen molar-refractivity contribution in [3.05, 3.63) is 0 Å². The van der Waals surface area contributed by atoms with Crippen LogP contribution < -0.4 is 0 Å². The largest absolute Gasteiger partial charge is 0.356 e. The Balaban J connectivity index is 2.41. The Labute approximate surface area is 75.2 Å². The van der Waals surface area contributed by atoms with Gasteiger partial charge < -0.3 is 9.47 Å². The fraction of sp³-hybridized carbons (Fsp3) is 1.00. The molecular formula is C10H20O2. The molecule has 0 aromatic heterocycles. The SMILES string of the molecule is CCC1CCC(OC)OC1CC. The van der Waals surface area contributed by atoms with E-state index >= 15 is 0 Å². The quantitative estimate of drug-likeness (QED) is 0.651. The fourth-order valence-corrected chi connectivity index (χ4v) is 1.98. The standard InChI is InChI=1S/C10H20O2/c1-4-8-6-7-10(11-3)12-9(8)5-2/h8-10H,4-7H2,1-3H3. The number of hydrogen-bond donors (Lipinski definition) is 0. The molecule has 0 aromatic carbocycles. The molecule has 1 aliphatic rings. The predicted molar refractivity (Wildman–Crippen MR) is 49.0 cm³/mol. The van der Waals surface area contributed by atoms with Gasteiger partial charge in [0.2, 0.25) is 0 Å². The summed E-state index contributed by atoms with van der Waals surface area (Å²) in [4.78, 5) is 0. The maximum Gasteiger partial charge on any atom is 0.157 e. The second-order valence-corrected chi connectivity index (χ2v) is 3.49. The molecule has 1 aliphatic heterocycles. The highest BCUT2D eigenvalue weighted by atomic mass is 16.7. The molecule has 2 nitrogen and oxygen atoms in total. The molecule has 0 spiro atoms. The summed E-state index contributed by atoms with van der Waals surface area (Å²) in [7, 11) is 1.73. The van der Waals surface area contributed by atoms with Crippen LogP contribution in [-0.4, -0.2) is 19.5 Å². The third-order valence-electron chi connectivity index (χ3n) is 2.82. The maximum absolute atomic E-state index is 5.77. The minimum absolute atomic E-state index is 0.0535. The second-order valence-electron chi connectivity index (χ2n) is 3.49. The molecule has 3 atom stereocenters. The molecule has 0 N–H and O–H groups in total. The Hall–Kier alpha value is -0.0800. The van der Waals surface area contributed by atoms with Crippen molar-refractivity contribution in [2.24, 2.45) is 5.92 Å². The van der Waals surface area contributed by atoms with E-state index in [0.717, 1.165) is 18.8 Å². The van der Waals surface area contributed by atoms with Gasteiger partial charge in [-0.25, -0.2) is 0 Å². The first-order valence-corrected chi connectivity index (χ1v) is 5.00. The summed E-state index contributed by atoms with van der Waals surface area (Å²) in [6.45, 7) is 4.43. The van der Waals surface area contributed by atoms with Gasteiger partial charge in [0, 0.05) is 7.11 Å². The maximum atomic E-state index is 5.77. The Bertz CT molecular complexity index is 125. The van der Waals surface area contributed by atoms with Crippen molar-refractivity contribution < 1.29 is 9.47 Å². The van der Waals surface area contributed by atoms with E-state index in [1.54, 1.807) is 7.11 Å². The Morgan fingerprint density at radius 2 is 2.00 bits per heavy atom. The van der Waals surface area contributed by atoms with Gasteiger partial charge in [0.25, 0.3) is 0 Å². The zero-order valence-corrected chi connectivity index (χ0v) is 8.38. The number of hydrogen-bond acceptors (Lipinski definition) is 2. The molecule has 0 bridgehead atoms. The summed E-state index contributed by atoms with van der Waals surface area (Å²) in [6, 6.07) is 0. The summed E-state index contributed by atoms with van der Waals surface area (Å²) in [5.41, 5.74) is 0. The van der Waals surface area contributed by atoms with Crippen molar-refractivity contribution in [2.75, 3.05) is 7.11 Å². The summed E-state index contributed by atoms with van der Waals surface area (Å²) in [5.74, 6) is 0.751. The van der Waals surface area contributed by atoms with E-state index in [1.165, 1.54) is 12.8 Å². The van der Waals surface area contributed by atoms with Crippen LogP contribution in [0, 0.1) is 5.92 Å². The highest BCUT2D eigenvalue weighted by molar-refractivity contribution is 4.73. The molecular weight excluding hydrogens is 152 g/mol. The van der Waals surface area contributed by atoms with E-state index in [-0.39, 0.29) is 6.29 Å². The molecule has 0 aromatic rings. The second kappa shape index (κ2) is 4.83. The summed E-state index contributed by atoms with van der Waals surface area (Å²) in [5, 5.41) is 0. The van der Waals surface area contributed by atoms with Gasteiger partial charge in [0.1, 0.15) is 0 Å². The monoisotopic (exact) mass is 172 g/mol. The Morgan fingerprint density at radius 1 is 1.25 bits per heavy atom. The van der Waals surface area contributed by atoms with Crippen LogP contribution in [0.5, 0.6) is 0 Å². The van der Waals surface area contributed by atoms with Crippen molar-refractivity contribution in [1.29, 1.82) is 0 Å². The molecule has 1 fully saturated rings. The number of methoxy groups -OCH3 is 1. The lowest BCUT2D eigenvalue weighted by Crippen LogP contribution is -2.35. The van der Waals surface area contributed by atoms with E-state index in [4.69, 9.17) is 9.47 Å². The summed E-state index contributed by atoms with van der Waals surface area (Å²) < 4.78 is 11.0. The lowest BCUT2D eigenvalue weighted by molar-refractivity contribution is -0.198. The molecule has 0 saturated carbocycles. The van der Waals surface area contributed by atoms with E-state index < -0.39 is 0 Å². The van der Waals surface area contributed by atoms with Crippen LogP contribution in [0.3, 0.4) is 0 Å². The van der Waals surface area contributed by atoms with Crippen molar-refractivity contribution in [1.82, 2.24) is 0 Å². The molecule has 0 radical (unpaired) electrons. The van der Waals surface area contributed by atoms with Crippen molar-refractivity contribution >= 4 is 0 Å². The Kier molecular flexibility index (Phi) is 4.02. The minimum atomic E-state index is 0.0535. The van der Waals surface area contributed by atoms with Crippen LogP contribution in [0.4, 0.5) is 0 Å². The molecule has 0 aliphatic carbocycles. The van der Waals surface area contributed by atoms with Crippen LogP contribution >= 0.6 is 0 Å². The lowest BCUT2D eigenvalue weighted by Gasteiger charge is -2.34. The van der Waals surface area contributed by atoms with Gasteiger partial charge in [0.15, 0.2) is 6.29 Å². The molecule has 3 unspecified atom stereocenters. The van der Waals surface area contributed by atoms with Gasteiger partial charge in [-0.05, 0) is 25.2 Å². The average Bonchev–Trinajstić information content (AvgIpc) is 2.16. The van der Waals surface area contributed by atoms with Crippen LogP contribution in [0.25, 0.3) is 0 Å². The number of ether oxygens (including phenoxy) is 2. The van der Waals surface area contributed by atoms with E-state index in [0.29, 0.717) is 6.10 Å². The van der Waals surface area contributed by atoms with Gasteiger partial charge in [-0.2, -0.15) is 0 Å². The van der Waals surface area contributed by atoms with Gasteiger partial charge in [-0.3, -0.25) is 0 Å². The molecule has 0 amide bonds. The topological polar surface area (TPSA) is 18.5 Å². The lowest BCUT2D eigenvalue weighted by atomic mass is 9.90. The third-order valence-corrected chi connectivity index (χ3v) is 2.82. The zero-order chi connectivity index (χ0) is 8.97. The molecule has 12 heavy (non-hydrogen) atoms. The van der Waals surface area contributed by atoms with E-state index in [9.17, 15) is 0 Å². The molecule has 2 heteroatoms. The predicted octanol–water partition coefficient (Wildman–Crippen LogP) is 2.57. The fourth-order valence-electron chi connectivity index (χ4n) is 1.98. The van der Waals surface area contributed by atoms with Crippen LogP contribution in [-0.2, 0) is 9.47 Å². The van der Waals surface area contributed by atoms with Crippen LogP contribution in [0.1, 0.15) is 39.5 Å². The molecule has 1 saturated heterocycles. The smallest absolute Gasteiger partial charge is 0.157 e. The average molecular weight is 172 g/mol. The molecule has 1 heterocycles. The summed E-state index contributed by atoms with van der Waals surface area (Å²) in [6.07, 6.45) is 5.14. The van der Waals surface area contributed by atoms with Crippen LogP contribution in [0.2, 0.25) is 0 Å². The highest BCUT2D eigenvalue weighted by Crippen LogP contribution is 2.29. The molecule has 1 rings (SSSR count). The van der Waals surface area contributed by atoms with Crippen molar-refractivity contribution in [3.8, 4) is 0 Å². The normalized spacial score (nSPS) is 36.8. The van der Waals surface area contributed by atoms with Gasteiger partial charge in [-0.1, -0.05) is 20.3 Å². The highest BCUT2D eigenvalue weighted by Gasteiger charge is 2.28. The first-order chi connectivity index (χ1) is 5.81. The first kappa shape index (κ1) is 10.0.